The van der Waals surface area contributed by atoms with Crippen molar-refractivity contribution in [2.75, 3.05) is 0 Å². The summed E-state index contributed by atoms with van der Waals surface area (Å²) < 4.78 is 5.43. The number of benzene rings is 1. The van der Waals surface area contributed by atoms with Crippen LogP contribution in [0.15, 0.2) is 45.7 Å². The molecule has 0 saturated carbocycles. The number of esters is 1. The second-order valence-electron chi connectivity index (χ2n) is 4.44. The lowest BCUT2D eigenvalue weighted by atomic mass is 10.1. The molecule has 18 heavy (non-hydrogen) atoms. The molecule has 0 spiro atoms. The van der Waals surface area contributed by atoms with Gasteiger partial charge in [-0.2, -0.15) is 0 Å². The molecule has 1 aliphatic rings. The lowest BCUT2D eigenvalue weighted by molar-refractivity contribution is -0.139. The topological polar surface area (TPSA) is 26.3 Å². The van der Waals surface area contributed by atoms with Crippen molar-refractivity contribution in [3.8, 4) is 0 Å². The number of thioether (sulfide) groups is 1. The van der Waals surface area contributed by atoms with Gasteiger partial charge in [0.1, 0.15) is 6.10 Å². The zero-order valence-corrected chi connectivity index (χ0v) is 11.6. The molecule has 2 rings (SSSR count). The molecule has 3 heteroatoms. The molecule has 0 radical (unpaired) electrons. The van der Waals surface area contributed by atoms with E-state index in [1.165, 1.54) is 0 Å². The third-order valence-electron chi connectivity index (χ3n) is 3.01. The fourth-order valence-electron chi connectivity index (χ4n) is 1.95. The van der Waals surface area contributed by atoms with Crippen molar-refractivity contribution < 1.29 is 9.53 Å². The van der Waals surface area contributed by atoms with Crippen LogP contribution < -0.4 is 0 Å². The summed E-state index contributed by atoms with van der Waals surface area (Å²) in [5.74, 6) is -0.158. The van der Waals surface area contributed by atoms with E-state index >= 15 is 0 Å². The normalized spacial score (nSPS) is 19.2. The SMILES string of the molecule is CCCCC1OC(=O)C(C)=C1Sc1ccccc1. The fourth-order valence-corrected chi connectivity index (χ4v) is 3.03. The zero-order chi connectivity index (χ0) is 13.0. The molecule has 0 bridgehead atoms. The van der Waals surface area contributed by atoms with Crippen molar-refractivity contribution in [2.45, 2.75) is 44.1 Å². The molecule has 1 heterocycles. The van der Waals surface area contributed by atoms with E-state index < -0.39 is 0 Å². The second kappa shape index (κ2) is 6.10. The maximum Gasteiger partial charge on any atom is 0.335 e. The molecule has 96 valence electrons. The van der Waals surface area contributed by atoms with Gasteiger partial charge in [0.2, 0.25) is 0 Å². The highest BCUT2D eigenvalue weighted by Gasteiger charge is 2.31. The maximum absolute atomic E-state index is 11.7. The fraction of sp³-hybridized carbons (Fsp3) is 0.400. The summed E-state index contributed by atoms with van der Waals surface area (Å²) >= 11 is 1.66. The number of unbranched alkanes of at least 4 members (excludes halogenated alkanes) is 1. The van der Waals surface area contributed by atoms with Gasteiger partial charge in [-0.15, -0.1) is 0 Å². The Hall–Kier alpha value is -1.22. The molecule has 0 amide bonds. The van der Waals surface area contributed by atoms with Gasteiger partial charge in [-0.05, 0) is 31.9 Å². The van der Waals surface area contributed by atoms with Crippen LogP contribution in [-0.2, 0) is 9.53 Å². The van der Waals surface area contributed by atoms with Crippen molar-refractivity contribution in [3.63, 3.8) is 0 Å². The van der Waals surface area contributed by atoms with Crippen molar-refractivity contribution in [1.29, 1.82) is 0 Å². The Kier molecular flexibility index (Phi) is 4.48. The first kappa shape index (κ1) is 13.2. The zero-order valence-electron chi connectivity index (χ0n) is 10.8. The Bertz CT molecular complexity index is 451. The van der Waals surface area contributed by atoms with Crippen LogP contribution in [0, 0.1) is 0 Å². The minimum atomic E-state index is -0.158. The van der Waals surface area contributed by atoms with Gasteiger partial charge in [-0.1, -0.05) is 43.3 Å². The van der Waals surface area contributed by atoms with E-state index in [9.17, 15) is 4.79 Å². The lowest BCUT2D eigenvalue weighted by Crippen LogP contribution is -2.10. The predicted molar refractivity (Wildman–Crippen MR) is 74.4 cm³/mol. The first-order chi connectivity index (χ1) is 8.72. The monoisotopic (exact) mass is 262 g/mol. The van der Waals surface area contributed by atoms with Crippen LogP contribution in [0.1, 0.15) is 33.1 Å². The molecule has 1 aliphatic heterocycles. The Labute approximate surface area is 112 Å². The van der Waals surface area contributed by atoms with Crippen LogP contribution >= 0.6 is 11.8 Å². The molecule has 0 saturated heterocycles. The molecule has 1 aromatic rings. The van der Waals surface area contributed by atoms with E-state index in [0.29, 0.717) is 0 Å². The van der Waals surface area contributed by atoms with Crippen molar-refractivity contribution in [1.82, 2.24) is 0 Å². The third-order valence-corrected chi connectivity index (χ3v) is 4.31. The maximum atomic E-state index is 11.7. The van der Waals surface area contributed by atoms with E-state index in [2.05, 4.69) is 19.1 Å². The number of hydrogen-bond acceptors (Lipinski definition) is 3. The summed E-state index contributed by atoms with van der Waals surface area (Å²) in [5, 5.41) is 0. The molecule has 1 aromatic carbocycles. The summed E-state index contributed by atoms with van der Waals surface area (Å²) in [4.78, 5) is 13.9. The standard InChI is InChI=1S/C15H18O2S/c1-3-4-10-13-14(11(2)15(16)17-13)18-12-8-6-5-7-9-12/h5-9,13H,3-4,10H2,1-2H3. The third kappa shape index (κ3) is 2.96. The molecular formula is C15H18O2S. The van der Waals surface area contributed by atoms with E-state index in [-0.39, 0.29) is 12.1 Å². The van der Waals surface area contributed by atoms with Crippen LogP contribution in [0.3, 0.4) is 0 Å². The van der Waals surface area contributed by atoms with Gasteiger partial charge in [-0.3, -0.25) is 0 Å². The number of cyclic esters (lactones) is 1. The smallest absolute Gasteiger partial charge is 0.335 e. The van der Waals surface area contributed by atoms with E-state index in [4.69, 9.17) is 4.74 Å². The highest BCUT2D eigenvalue weighted by atomic mass is 32.2. The summed E-state index contributed by atoms with van der Waals surface area (Å²) in [7, 11) is 0. The quantitative estimate of drug-likeness (QED) is 0.745. The molecule has 0 fully saturated rings. The minimum absolute atomic E-state index is 0.0392. The molecular weight excluding hydrogens is 244 g/mol. The summed E-state index contributed by atoms with van der Waals surface area (Å²) in [6, 6.07) is 10.1. The average molecular weight is 262 g/mol. The van der Waals surface area contributed by atoms with E-state index in [1.54, 1.807) is 11.8 Å². The predicted octanol–water partition coefficient (Wildman–Crippen LogP) is 4.17. The Balaban J connectivity index is 2.14. The van der Waals surface area contributed by atoms with Gasteiger partial charge < -0.3 is 4.74 Å². The van der Waals surface area contributed by atoms with Crippen LogP contribution in [0.25, 0.3) is 0 Å². The van der Waals surface area contributed by atoms with E-state index in [0.717, 1.165) is 34.6 Å². The molecule has 2 nitrogen and oxygen atoms in total. The van der Waals surface area contributed by atoms with Crippen molar-refractivity contribution in [3.05, 3.63) is 40.8 Å². The first-order valence-corrected chi connectivity index (χ1v) is 7.18. The van der Waals surface area contributed by atoms with Crippen LogP contribution in [0.5, 0.6) is 0 Å². The molecule has 0 aliphatic carbocycles. The van der Waals surface area contributed by atoms with Gasteiger partial charge in [0, 0.05) is 15.4 Å². The molecule has 0 N–H and O–H groups in total. The number of hydrogen-bond donors (Lipinski definition) is 0. The molecule has 1 atom stereocenters. The minimum Gasteiger partial charge on any atom is -0.454 e. The number of carbonyl (C=O) groups is 1. The largest absolute Gasteiger partial charge is 0.454 e. The van der Waals surface area contributed by atoms with Gasteiger partial charge in [0.15, 0.2) is 0 Å². The first-order valence-electron chi connectivity index (χ1n) is 6.37. The van der Waals surface area contributed by atoms with Crippen LogP contribution in [0.2, 0.25) is 0 Å². The van der Waals surface area contributed by atoms with Gasteiger partial charge in [0.05, 0.1) is 0 Å². The average Bonchev–Trinajstić information content (AvgIpc) is 2.65. The van der Waals surface area contributed by atoms with Crippen molar-refractivity contribution in [2.24, 2.45) is 0 Å². The summed E-state index contributed by atoms with van der Waals surface area (Å²) in [6.07, 6.45) is 3.09. The van der Waals surface area contributed by atoms with Gasteiger partial charge in [-0.25, -0.2) is 4.79 Å². The summed E-state index contributed by atoms with van der Waals surface area (Å²) in [6.45, 7) is 4.01. The van der Waals surface area contributed by atoms with Crippen LogP contribution in [-0.4, -0.2) is 12.1 Å². The Morgan fingerprint density at radius 2 is 2.00 bits per heavy atom. The highest BCUT2D eigenvalue weighted by molar-refractivity contribution is 8.03. The number of rotatable bonds is 5. The lowest BCUT2D eigenvalue weighted by Gasteiger charge is -2.13. The van der Waals surface area contributed by atoms with Gasteiger partial charge in [0.25, 0.3) is 0 Å². The van der Waals surface area contributed by atoms with E-state index in [1.807, 2.05) is 25.1 Å². The highest BCUT2D eigenvalue weighted by Crippen LogP contribution is 2.38. The summed E-state index contributed by atoms with van der Waals surface area (Å²) in [5.41, 5.74) is 0.768. The Morgan fingerprint density at radius 1 is 1.28 bits per heavy atom. The van der Waals surface area contributed by atoms with Crippen molar-refractivity contribution >= 4 is 17.7 Å². The second-order valence-corrected chi connectivity index (χ2v) is 5.56. The number of ether oxygens (including phenoxy) is 1. The molecule has 0 aromatic heterocycles. The van der Waals surface area contributed by atoms with Crippen LogP contribution in [0.4, 0.5) is 0 Å². The Morgan fingerprint density at radius 3 is 2.67 bits per heavy atom. The van der Waals surface area contributed by atoms with Gasteiger partial charge >= 0.3 is 5.97 Å². The molecule has 1 unspecified atom stereocenters. The number of carbonyl (C=O) groups excluding carboxylic acids is 1.